The lowest BCUT2D eigenvalue weighted by Crippen LogP contribution is -2.48. The van der Waals surface area contributed by atoms with Crippen LogP contribution in [0.15, 0.2) is 0 Å². The fourth-order valence-electron chi connectivity index (χ4n) is 1.03. The number of rotatable bonds is 2. The van der Waals surface area contributed by atoms with Gasteiger partial charge in [0.15, 0.2) is 0 Å². The van der Waals surface area contributed by atoms with Gasteiger partial charge in [0.05, 0.1) is 30.1 Å². The fraction of sp³-hybridized carbons (Fsp3) is 1.00. The van der Waals surface area contributed by atoms with Gasteiger partial charge < -0.3 is 9.84 Å². The summed E-state index contributed by atoms with van der Waals surface area (Å²) in [6.45, 7) is 5.25. The molecule has 0 radical (unpaired) electrons. The molecule has 1 fully saturated rings. The lowest BCUT2D eigenvalue weighted by atomic mass is 10.2. The molecule has 1 heterocycles. The highest BCUT2D eigenvalue weighted by Gasteiger charge is 2.35. The molecule has 0 aromatic carbocycles. The summed E-state index contributed by atoms with van der Waals surface area (Å²) in [6.07, 6.45) is -0.743. The first kappa shape index (κ1) is 11.9. The van der Waals surface area contributed by atoms with Crippen molar-refractivity contribution in [2.75, 3.05) is 13.2 Å². The van der Waals surface area contributed by atoms with Crippen LogP contribution in [0.4, 0.5) is 0 Å². The topological polar surface area (TPSA) is 75.6 Å². The summed E-state index contributed by atoms with van der Waals surface area (Å²) in [6, 6.07) is -0.515. The van der Waals surface area contributed by atoms with Gasteiger partial charge in [0.2, 0.25) is 10.0 Å². The molecular weight excluding hydrogens is 206 g/mol. The minimum Gasteiger partial charge on any atom is -0.389 e. The maximum Gasteiger partial charge on any atom is 0.216 e. The molecule has 2 atom stereocenters. The van der Waals surface area contributed by atoms with E-state index < -0.39 is 26.9 Å². The number of aliphatic hydroxyl groups excluding tert-OH is 1. The van der Waals surface area contributed by atoms with Gasteiger partial charge in [-0.25, -0.2) is 13.1 Å². The molecule has 0 aromatic rings. The van der Waals surface area contributed by atoms with Crippen molar-refractivity contribution in [3.8, 4) is 0 Å². The molecule has 14 heavy (non-hydrogen) atoms. The highest BCUT2D eigenvalue weighted by Crippen LogP contribution is 2.16. The maximum atomic E-state index is 11.7. The van der Waals surface area contributed by atoms with Crippen molar-refractivity contribution >= 4 is 10.0 Å². The van der Waals surface area contributed by atoms with Crippen LogP contribution >= 0.6 is 0 Å². The molecule has 2 N–H and O–H groups in total. The van der Waals surface area contributed by atoms with Crippen molar-refractivity contribution in [2.45, 2.75) is 37.7 Å². The minimum absolute atomic E-state index is 0.192. The Hall–Kier alpha value is -0.170. The van der Waals surface area contributed by atoms with E-state index in [-0.39, 0.29) is 13.2 Å². The monoisotopic (exact) mass is 223 g/mol. The summed E-state index contributed by atoms with van der Waals surface area (Å²) in [5.41, 5.74) is 0. The Morgan fingerprint density at radius 1 is 1.36 bits per heavy atom. The molecule has 0 saturated carbocycles. The van der Waals surface area contributed by atoms with Crippen LogP contribution in [-0.4, -0.2) is 43.6 Å². The third-order valence-corrected chi connectivity index (χ3v) is 4.39. The summed E-state index contributed by atoms with van der Waals surface area (Å²) in [7, 11) is -3.40. The van der Waals surface area contributed by atoms with Crippen molar-refractivity contribution in [1.29, 1.82) is 0 Å². The average Bonchev–Trinajstić information content (AvgIpc) is 2.33. The van der Waals surface area contributed by atoms with E-state index in [1.807, 2.05) is 0 Å². The Labute approximate surface area is 84.5 Å². The van der Waals surface area contributed by atoms with Crippen molar-refractivity contribution in [2.24, 2.45) is 0 Å². The van der Waals surface area contributed by atoms with E-state index in [1.54, 1.807) is 20.8 Å². The standard InChI is InChI=1S/C8H17NO4S/c1-8(2,3)14(11,12)9-6-4-13-5-7(6)10/h6-7,9-10H,4-5H2,1-3H3. The highest BCUT2D eigenvalue weighted by atomic mass is 32.2. The smallest absolute Gasteiger partial charge is 0.216 e. The molecule has 84 valence electrons. The van der Waals surface area contributed by atoms with Gasteiger partial charge in [-0.15, -0.1) is 0 Å². The second-order valence-corrected chi connectivity index (χ2v) is 6.91. The number of ether oxygens (including phenoxy) is 1. The van der Waals surface area contributed by atoms with Crippen LogP contribution < -0.4 is 4.72 Å². The van der Waals surface area contributed by atoms with Gasteiger partial charge in [0, 0.05) is 0 Å². The summed E-state index contributed by atoms with van der Waals surface area (Å²) >= 11 is 0. The molecule has 6 heteroatoms. The van der Waals surface area contributed by atoms with E-state index >= 15 is 0 Å². The van der Waals surface area contributed by atoms with Crippen LogP contribution in [0, 0.1) is 0 Å². The fourth-order valence-corrected chi connectivity index (χ4v) is 2.01. The van der Waals surface area contributed by atoms with Crippen molar-refractivity contribution < 1.29 is 18.3 Å². The number of hydrogen-bond acceptors (Lipinski definition) is 4. The third-order valence-electron chi connectivity index (χ3n) is 2.16. The van der Waals surface area contributed by atoms with Gasteiger partial charge >= 0.3 is 0 Å². The number of sulfonamides is 1. The molecule has 2 unspecified atom stereocenters. The second kappa shape index (κ2) is 3.77. The predicted octanol–water partition coefficient (Wildman–Crippen LogP) is -0.536. The van der Waals surface area contributed by atoms with Gasteiger partial charge in [-0.05, 0) is 20.8 Å². The van der Waals surface area contributed by atoms with Gasteiger partial charge in [-0.2, -0.15) is 0 Å². The summed E-state index contributed by atoms with van der Waals surface area (Å²) < 4.78 is 29.9. The Kier molecular flexibility index (Phi) is 3.20. The summed E-state index contributed by atoms with van der Waals surface area (Å²) in [5.74, 6) is 0. The summed E-state index contributed by atoms with van der Waals surface area (Å²) in [5, 5.41) is 9.37. The molecule has 1 saturated heterocycles. The van der Waals surface area contributed by atoms with Crippen molar-refractivity contribution in [3.63, 3.8) is 0 Å². The van der Waals surface area contributed by atoms with Crippen LogP contribution in [0.25, 0.3) is 0 Å². The maximum absolute atomic E-state index is 11.7. The molecule has 5 nitrogen and oxygen atoms in total. The first-order valence-corrected chi connectivity index (χ1v) is 6.00. The predicted molar refractivity (Wildman–Crippen MR) is 52.4 cm³/mol. The van der Waals surface area contributed by atoms with Crippen LogP contribution in [0.2, 0.25) is 0 Å². The minimum atomic E-state index is -3.40. The lowest BCUT2D eigenvalue weighted by Gasteiger charge is -2.23. The van der Waals surface area contributed by atoms with E-state index in [2.05, 4.69) is 4.72 Å². The molecule has 0 amide bonds. The lowest BCUT2D eigenvalue weighted by molar-refractivity contribution is 0.124. The zero-order chi connectivity index (χ0) is 11.0. The molecule has 0 spiro atoms. The molecule has 1 rings (SSSR count). The second-order valence-electron chi connectivity index (χ2n) is 4.44. The van der Waals surface area contributed by atoms with Crippen LogP contribution in [0.5, 0.6) is 0 Å². The van der Waals surface area contributed by atoms with E-state index in [0.29, 0.717) is 0 Å². The first-order chi connectivity index (χ1) is 6.24. The van der Waals surface area contributed by atoms with E-state index in [1.165, 1.54) is 0 Å². The SMILES string of the molecule is CC(C)(C)S(=O)(=O)NC1COCC1O. The van der Waals surface area contributed by atoms with E-state index in [4.69, 9.17) is 4.74 Å². The van der Waals surface area contributed by atoms with Crippen LogP contribution in [0.3, 0.4) is 0 Å². The Morgan fingerprint density at radius 2 is 1.93 bits per heavy atom. The Balaban J connectivity index is 2.69. The third kappa shape index (κ3) is 2.44. The van der Waals surface area contributed by atoms with Crippen LogP contribution in [0.1, 0.15) is 20.8 Å². The first-order valence-electron chi connectivity index (χ1n) is 4.52. The van der Waals surface area contributed by atoms with Crippen molar-refractivity contribution in [3.05, 3.63) is 0 Å². The molecule has 0 aliphatic carbocycles. The summed E-state index contributed by atoms with van der Waals surface area (Å²) in [4.78, 5) is 0. The molecular formula is C8H17NO4S. The van der Waals surface area contributed by atoms with Crippen molar-refractivity contribution in [1.82, 2.24) is 4.72 Å². The van der Waals surface area contributed by atoms with Gasteiger partial charge in [0.25, 0.3) is 0 Å². The molecule has 1 aliphatic heterocycles. The zero-order valence-corrected chi connectivity index (χ0v) is 9.47. The van der Waals surface area contributed by atoms with E-state index in [9.17, 15) is 13.5 Å². The quantitative estimate of drug-likeness (QED) is 0.659. The number of aliphatic hydroxyl groups is 1. The Bertz CT molecular complexity index is 293. The molecule has 1 aliphatic rings. The Morgan fingerprint density at radius 3 is 2.29 bits per heavy atom. The normalized spacial score (nSPS) is 29.4. The molecule has 0 bridgehead atoms. The molecule has 0 aromatic heterocycles. The average molecular weight is 223 g/mol. The van der Waals surface area contributed by atoms with Gasteiger partial charge in [0.1, 0.15) is 0 Å². The van der Waals surface area contributed by atoms with Crippen LogP contribution in [-0.2, 0) is 14.8 Å². The zero-order valence-electron chi connectivity index (χ0n) is 8.65. The highest BCUT2D eigenvalue weighted by molar-refractivity contribution is 7.90. The van der Waals surface area contributed by atoms with E-state index in [0.717, 1.165) is 0 Å². The number of hydrogen-bond donors (Lipinski definition) is 2. The van der Waals surface area contributed by atoms with Gasteiger partial charge in [-0.1, -0.05) is 0 Å². The number of nitrogens with one attached hydrogen (secondary N) is 1. The largest absolute Gasteiger partial charge is 0.389 e. The van der Waals surface area contributed by atoms with Gasteiger partial charge in [-0.3, -0.25) is 0 Å².